The lowest BCUT2D eigenvalue weighted by atomic mass is 9.92. The number of amides is 2. The monoisotopic (exact) mass is 376 g/mol. The summed E-state index contributed by atoms with van der Waals surface area (Å²) in [5.74, 6) is 0.777. The molecule has 2 aliphatic heterocycles. The van der Waals surface area contributed by atoms with E-state index in [1.54, 1.807) is 4.68 Å². The number of carbonyl (C=O) groups is 2. The highest BCUT2D eigenvalue weighted by atomic mass is 16.5. The first kappa shape index (κ1) is 19.9. The second-order valence-corrected chi connectivity index (χ2v) is 7.89. The number of likely N-dealkylation sites (tertiary alicyclic amines) is 1. The number of carbonyl (C=O) groups excluding carboxylic acids is 2. The lowest BCUT2D eigenvalue weighted by Gasteiger charge is -2.32. The highest BCUT2D eigenvalue weighted by Crippen LogP contribution is 2.22. The smallest absolute Gasteiger partial charge is 0.244 e. The highest BCUT2D eigenvalue weighted by molar-refractivity contribution is 5.76. The first-order chi connectivity index (χ1) is 13.0. The lowest BCUT2D eigenvalue weighted by molar-refractivity contribution is -0.133. The van der Waals surface area contributed by atoms with Gasteiger partial charge in [0.25, 0.3) is 0 Å². The quantitative estimate of drug-likeness (QED) is 0.787. The highest BCUT2D eigenvalue weighted by Gasteiger charge is 2.24. The predicted molar refractivity (Wildman–Crippen MR) is 102 cm³/mol. The van der Waals surface area contributed by atoms with E-state index in [9.17, 15) is 9.59 Å². The maximum absolute atomic E-state index is 12.5. The Kier molecular flexibility index (Phi) is 6.88. The van der Waals surface area contributed by atoms with E-state index >= 15 is 0 Å². The molecule has 0 radical (unpaired) electrons. The van der Waals surface area contributed by atoms with Crippen LogP contribution in [0.2, 0.25) is 0 Å². The van der Waals surface area contributed by atoms with Crippen molar-refractivity contribution in [3.63, 3.8) is 0 Å². The van der Waals surface area contributed by atoms with Crippen molar-refractivity contribution in [3.8, 4) is 0 Å². The Bertz CT molecular complexity index is 644. The Hall–Kier alpha value is -1.89. The molecule has 2 saturated heterocycles. The minimum atomic E-state index is 0.119. The van der Waals surface area contributed by atoms with Crippen LogP contribution in [0.5, 0.6) is 0 Å². The molecule has 7 nitrogen and oxygen atoms in total. The third-order valence-electron chi connectivity index (χ3n) is 5.69. The Labute approximate surface area is 161 Å². The molecule has 1 N–H and O–H groups in total. The summed E-state index contributed by atoms with van der Waals surface area (Å²) in [6.45, 7) is 7.24. The topological polar surface area (TPSA) is 76.5 Å². The number of nitrogens with one attached hydrogen (secondary N) is 1. The van der Waals surface area contributed by atoms with Gasteiger partial charge in [-0.25, -0.2) is 0 Å². The molecule has 150 valence electrons. The molecule has 2 aliphatic rings. The summed E-state index contributed by atoms with van der Waals surface area (Å²) in [5.41, 5.74) is 1.96. The van der Waals surface area contributed by atoms with Crippen LogP contribution in [-0.2, 0) is 20.9 Å². The van der Waals surface area contributed by atoms with E-state index in [0.717, 1.165) is 63.2 Å². The van der Waals surface area contributed by atoms with Crippen molar-refractivity contribution in [1.82, 2.24) is 20.0 Å². The Morgan fingerprint density at radius 2 is 2.04 bits per heavy atom. The zero-order valence-corrected chi connectivity index (χ0v) is 16.6. The molecule has 0 saturated carbocycles. The van der Waals surface area contributed by atoms with E-state index in [0.29, 0.717) is 25.4 Å². The average molecular weight is 377 g/mol. The summed E-state index contributed by atoms with van der Waals surface area (Å²) in [6, 6.07) is 1.99. The SMILES string of the molecule is Cc1cc(C)n(CC(=O)N2CCC(CCC(=O)NC[C@@H]3CCCO3)CC2)n1. The number of nitrogens with zero attached hydrogens (tertiary/aromatic N) is 3. The van der Waals surface area contributed by atoms with E-state index < -0.39 is 0 Å². The number of aromatic nitrogens is 2. The van der Waals surface area contributed by atoms with Gasteiger partial charge in [0, 0.05) is 38.4 Å². The molecule has 0 spiro atoms. The van der Waals surface area contributed by atoms with Gasteiger partial charge in [-0.1, -0.05) is 0 Å². The van der Waals surface area contributed by atoms with E-state index in [2.05, 4.69) is 10.4 Å². The summed E-state index contributed by atoms with van der Waals surface area (Å²) in [5, 5.41) is 7.36. The van der Waals surface area contributed by atoms with Gasteiger partial charge in [-0.05, 0) is 57.9 Å². The third kappa shape index (κ3) is 5.79. The molecule has 0 aromatic carbocycles. The van der Waals surface area contributed by atoms with Crippen molar-refractivity contribution in [2.24, 2.45) is 5.92 Å². The first-order valence-corrected chi connectivity index (χ1v) is 10.2. The zero-order chi connectivity index (χ0) is 19.2. The standard InChI is InChI=1S/C20H32N4O3/c1-15-12-16(2)24(22-15)14-20(26)23-9-7-17(8-10-23)5-6-19(25)21-13-18-4-3-11-27-18/h12,17-18H,3-11,13-14H2,1-2H3,(H,21,25)/t18-/m0/s1. The Balaban J connectivity index is 1.33. The van der Waals surface area contributed by atoms with Gasteiger partial charge >= 0.3 is 0 Å². The molecule has 3 rings (SSSR count). The summed E-state index contributed by atoms with van der Waals surface area (Å²) < 4.78 is 7.30. The van der Waals surface area contributed by atoms with E-state index in [1.165, 1.54) is 0 Å². The molecule has 1 atom stereocenters. The molecule has 0 bridgehead atoms. The number of piperidine rings is 1. The van der Waals surface area contributed by atoms with Crippen molar-refractivity contribution in [1.29, 1.82) is 0 Å². The summed E-state index contributed by atoms with van der Waals surface area (Å²) in [4.78, 5) is 26.4. The van der Waals surface area contributed by atoms with Crippen LogP contribution in [-0.4, -0.2) is 58.8 Å². The molecule has 2 fully saturated rings. The van der Waals surface area contributed by atoms with Crippen LogP contribution in [0.1, 0.15) is 49.9 Å². The Morgan fingerprint density at radius 3 is 2.67 bits per heavy atom. The fraction of sp³-hybridized carbons (Fsp3) is 0.750. The van der Waals surface area contributed by atoms with Gasteiger partial charge in [0.05, 0.1) is 11.8 Å². The first-order valence-electron chi connectivity index (χ1n) is 10.2. The molecule has 7 heteroatoms. The minimum absolute atomic E-state index is 0.119. The van der Waals surface area contributed by atoms with Gasteiger partial charge in [-0.2, -0.15) is 5.10 Å². The van der Waals surface area contributed by atoms with Gasteiger partial charge in [0.15, 0.2) is 0 Å². The molecule has 27 heavy (non-hydrogen) atoms. The predicted octanol–water partition coefficient (Wildman–Crippen LogP) is 1.81. The average Bonchev–Trinajstić information content (AvgIpc) is 3.28. The summed E-state index contributed by atoms with van der Waals surface area (Å²) >= 11 is 0. The van der Waals surface area contributed by atoms with Gasteiger partial charge in [0.2, 0.25) is 11.8 Å². The van der Waals surface area contributed by atoms with Crippen molar-refractivity contribution >= 4 is 11.8 Å². The fourth-order valence-electron chi connectivity index (χ4n) is 3.99. The normalized spacial score (nSPS) is 20.8. The number of aryl methyl sites for hydroxylation is 2. The van der Waals surface area contributed by atoms with Gasteiger partial charge in [0.1, 0.15) is 6.54 Å². The number of hydrogen-bond donors (Lipinski definition) is 1. The van der Waals surface area contributed by atoms with Crippen molar-refractivity contribution in [2.45, 2.75) is 65.0 Å². The largest absolute Gasteiger partial charge is 0.376 e. The molecule has 0 unspecified atom stereocenters. The van der Waals surface area contributed by atoms with Crippen LogP contribution in [0.25, 0.3) is 0 Å². The van der Waals surface area contributed by atoms with Crippen LogP contribution >= 0.6 is 0 Å². The van der Waals surface area contributed by atoms with E-state index in [4.69, 9.17) is 4.74 Å². The summed E-state index contributed by atoms with van der Waals surface area (Å²) in [6.07, 6.45) is 5.75. The van der Waals surface area contributed by atoms with Gasteiger partial charge < -0.3 is 15.0 Å². The molecular formula is C20H32N4O3. The van der Waals surface area contributed by atoms with Gasteiger partial charge in [-0.3, -0.25) is 14.3 Å². The maximum Gasteiger partial charge on any atom is 0.244 e. The molecule has 2 amide bonds. The van der Waals surface area contributed by atoms with Crippen molar-refractivity contribution in [3.05, 3.63) is 17.5 Å². The van der Waals surface area contributed by atoms with Crippen LogP contribution in [0.15, 0.2) is 6.07 Å². The van der Waals surface area contributed by atoms with Crippen molar-refractivity contribution < 1.29 is 14.3 Å². The Morgan fingerprint density at radius 1 is 1.26 bits per heavy atom. The summed E-state index contributed by atoms with van der Waals surface area (Å²) in [7, 11) is 0. The minimum Gasteiger partial charge on any atom is -0.376 e. The third-order valence-corrected chi connectivity index (χ3v) is 5.69. The zero-order valence-electron chi connectivity index (χ0n) is 16.6. The molecule has 1 aromatic rings. The van der Waals surface area contributed by atoms with E-state index in [-0.39, 0.29) is 17.9 Å². The molecular weight excluding hydrogens is 344 g/mol. The lowest BCUT2D eigenvalue weighted by Crippen LogP contribution is -2.40. The van der Waals surface area contributed by atoms with Crippen molar-refractivity contribution in [2.75, 3.05) is 26.2 Å². The molecule has 0 aliphatic carbocycles. The second kappa shape index (κ2) is 9.35. The van der Waals surface area contributed by atoms with Crippen LogP contribution < -0.4 is 5.32 Å². The number of ether oxygens (including phenoxy) is 1. The van der Waals surface area contributed by atoms with Crippen LogP contribution in [0, 0.1) is 19.8 Å². The van der Waals surface area contributed by atoms with Crippen LogP contribution in [0.4, 0.5) is 0 Å². The molecule has 3 heterocycles. The van der Waals surface area contributed by atoms with E-state index in [1.807, 2.05) is 24.8 Å². The molecule has 1 aromatic heterocycles. The van der Waals surface area contributed by atoms with Crippen LogP contribution in [0.3, 0.4) is 0 Å². The number of hydrogen-bond acceptors (Lipinski definition) is 4. The second-order valence-electron chi connectivity index (χ2n) is 7.89. The maximum atomic E-state index is 12.5. The fourth-order valence-corrected chi connectivity index (χ4v) is 3.99. The van der Waals surface area contributed by atoms with Gasteiger partial charge in [-0.15, -0.1) is 0 Å². The number of rotatable bonds is 7.